The molecule has 288 valence electrons. The Morgan fingerprint density at radius 1 is 0.902 bits per heavy atom. The van der Waals surface area contributed by atoms with Crippen LogP contribution < -0.4 is 16.0 Å². The maximum atomic E-state index is 13.9. The highest BCUT2D eigenvalue weighted by atomic mass is 35.5. The molecule has 0 aromatic carbocycles. The smallest absolute Gasteiger partial charge is 0.315 e. The third kappa shape index (κ3) is 6.36. The number of piperidine rings is 1. The number of halogens is 1. The average Bonchev–Trinajstić information content (AvgIpc) is 3.30. The first-order valence-corrected chi connectivity index (χ1v) is 19.7. The minimum Gasteiger partial charge on any atom is -0.481 e. The van der Waals surface area contributed by atoms with Crippen LogP contribution >= 0.6 is 12.4 Å². The summed E-state index contributed by atoms with van der Waals surface area (Å²) in [6, 6.07) is 0.0234. The number of amides is 2. The first-order valence-electron chi connectivity index (χ1n) is 19.7. The molecule has 0 aromatic rings. The number of carboxylic acid groups (broad SMARTS) is 1. The molecule has 10 heteroatoms. The summed E-state index contributed by atoms with van der Waals surface area (Å²) in [5.74, 6) is 0.00496. The molecule has 4 saturated carbocycles. The minimum atomic E-state index is -1.16. The maximum Gasteiger partial charge on any atom is 0.315 e. The molecule has 4 N–H and O–H groups in total. The number of aliphatic carboxylic acids is 1. The van der Waals surface area contributed by atoms with Crippen LogP contribution in [0.2, 0.25) is 0 Å². The lowest BCUT2D eigenvalue weighted by molar-refractivity contribution is -0.232. The standard InChI is InChI=1S/C41H65N3O6.ClH/c1-24(2)32-27(45)22-41(44-35(49)43-25-14-20-42-21-15-25)19-18-39(8)26(33(32)41)10-11-29-38(7)16-13-30(50-31(46)23-36(3,4)34(47)48)37(5,6)28(38)12-17-40(29,39)9;/h24-26,28-30,42H,10-23H2,1-9H3,(H,47,48)(H2,43,44,49);1H/t26-,28+,29-,30+,38+,39-,40-,41-;/m1./s1. The van der Waals surface area contributed by atoms with Crippen LogP contribution in [0.5, 0.6) is 0 Å². The van der Waals surface area contributed by atoms with Gasteiger partial charge in [0.05, 0.1) is 17.4 Å². The number of carboxylic acids is 1. The Labute approximate surface area is 312 Å². The average molecular weight is 732 g/mol. The third-order valence-electron chi connectivity index (χ3n) is 15.8. The van der Waals surface area contributed by atoms with Crippen LogP contribution in [0.15, 0.2) is 11.1 Å². The molecule has 1 saturated heterocycles. The van der Waals surface area contributed by atoms with Gasteiger partial charge < -0.3 is 25.8 Å². The zero-order chi connectivity index (χ0) is 36.7. The van der Waals surface area contributed by atoms with Crippen LogP contribution in [0.3, 0.4) is 0 Å². The fourth-order valence-corrected chi connectivity index (χ4v) is 13.0. The van der Waals surface area contributed by atoms with Crippen LogP contribution in [0.25, 0.3) is 0 Å². The molecule has 1 aliphatic heterocycles. The van der Waals surface area contributed by atoms with Gasteiger partial charge in [-0.25, -0.2) is 4.79 Å². The number of carbonyl (C=O) groups excluding carboxylic acids is 3. The number of nitrogens with one attached hydrogen (secondary N) is 3. The molecule has 1 heterocycles. The first kappa shape index (κ1) is 40.1. The molecule has 0 unspecified atom stereocenters. The molecule has 0 aromatic heterocycles. The number of hydrogen-bond acceptors (Lipinski definition) is 6. The fourth-order valence-electron chi connectivity index (χ4n) is 13.0. The van der Waals surface area contributed by atoms with Crippen LogP contribution in [-0.2, 0) is 19.1 Å². The Hall–Kier alpha value is -2.13. The third-order valence-corrected chi connectivity index (χ3v) is 15.8. The van der Waals surface area contributed by atoms with Crippen molar-refractivity contribution in [2.24, 2.45) is 50.7 Å². The van der Waals surface area contributed by atoms with E-state index in [1.807, 2.05) is 0 Å². The molecule has 0 spiro atoms. The number of rotatable bonds is 7. The Kier molecular flexibility index (Phi) is 10.7. The van der Waals surface area contributed by atoms with Gasteiger partial charge in [-0.05, 0) is 142 Å². The molecule has 2 amide bonds. The van der Waals surface area contributed by atoms with Crippen molar-refractivity contribution in [1.82, 2.24) is 16.0 Å². The van der Waals surface area contributed by atoms with Crippen molar-refractivity contribution in [1.29, 1.82) is 0 Å². The van der Waals surface area contributed by atoms with Gasteiger partial charge in [0.25, 0.3) is 0 Å². The molecule has 9 nitrogen and oxygen atoms in total. The SMILES string of the molecule is CC(C)C1=C2[C@H]3CC[C@@H]4[C@@]5(C)CC[C@H](OC(=O)CC(C)(C)C(=O)O)C(C)(C)[C@@H]5CC[C@@]4(C)[C@]3(C)CC[C@@]2(NC(=O)NC2CCNCC2)CC1=O.Cl. The van der Waals surface area contributed by atoms with Gasteiger partial charge in [-0.15, -0.1) is 12.4 Å². The number of allylic oxidation sites excluding steroid dienone is 1. The van der Waals surface area contributed by atoms with E-state index in [1.165, 1.54) is 5.57 Å². The van der Waals surface area contributed by atoms with E-state index in [0.29, 0.717) is 18.3 Å². The highest BCUT2D eigenvalue weighted by molar-refractivity contribution is 6.02. The summed E-state index contributed by atoms with van der Waals surface area (Å²) in [6.45, 7) is 21.4. The monoisotopic (exact) mass is 731 g/mol. The molecule has 5 aliphatic carbocycles. The maximum absolute atomic E-state index is 13.9. The Morgan fingerprint density at radius 3 is 2.20 bits per heavy atom. The first-order chi connectivity index (χ1) is 23.2. The molecule has 51 heavy (non-hydrogen) atoms. The summed E-state index contributed by atoms with van der Waals surface area (Å²) in [7, 11) is 0. The summed E-state index contributed by atoms with van der Waals surface area (Å²) in [6.07, 6.45) is 9.58. The number of esters is 1. The quantitative estimate of drug-likeness (QED) is 0.198. The molecule has 6 rings (SSSR count). The summed E-state index contributed by atoms with van der Waals surface area (Å²) in [4.78, 5) is 52.4. The van der Waals surface area contributed by atoms with Crippen LogP contribution in [0, 0.1) is 50.7 Å². The van der Waals surface area contributed by atoms with E-state index in [-0.39, 0.29) is 76.3 Å². The zero-order valence-electron chi connectivity index (χ0n) is 32.8. The van der Waals surface area contributed by atoms with Crippen LogP contribution in [0.4, 0.5) is 4.79 Å². The topological polar surface area (TPSA) is 134 Å². The van der Waals surface area contributed by atoms with Crippen molar-refractivity contribution < 1.29 is 29.0 Å². The predicted octanol–water partition coefficient (Wildman–Crippen LogP) is 7.61. The number of fused-ring (bicyclic) bond motifs is 7. The number of ether oxygens (including phenoxy) is 1. The van der Waals surface area contributed by atoms with Crippen molar-refractivity contribution in [2.75, 3.05) is 13.1 Å². The molecular weight excluding hydrogens is 666 g/mol. The van der Waals surface area contributed by atoms with Crippen molar-refractivity contribution in [2.45, 2.75) is 157 Å². The fraction of sp³-hybridized carbons (Fsp3) is 0.854. The van der Waals surface area contributed by atoms with Crippen molar-refractivity contribution >= 4 is 36.2 Å². The largest absolute Gasteiger partial charge is 0.481 e. The number of ketones is 1. The molecule has 0 bridgehead atoms. The minimum absolute atomic E-state index is 0. The summed E-state index contributed by atoms with van der Waals surface area (Å²) in [5.41, 5.74) is 0.306. The van der Waals surface area contributed by atoms with Gasteiger partial charge >= 0.3 is 18.0 Å². The van der Waals surface area contributed by atoms with E-state index in [9.17, 15) is 24.3 Å². The lowest BCUT2D eigenvalue weighted by Crippen LogP contribution is -2.67. The van der Waals surface area contributed by atoms with Gasteiger partial charge in [0.1, 0.15) is 6.10 Å². The van der Waals surface area contributed by atoms with Crippen LogP contribution in [0.1, 0.15) is 139 Å². The van der Waals surface area contributed by atoms with Gasteiger partial charge in [-0.2, -0.15) is 0 Å². The molecule has 6 aliphatic rings. The summed E-state index contributed by atoms with van der Waals surface area (Å²) in [5, 5.41) is 19.7. The molecule has 0 radical (unpaired) electrons. The van der Waals surface area contributed by atoms with Gasteiger partial charge in [0, 0.05) is 17.9 Å². The normalized spacial score (nSPS) is 39.1. The van der Waals surface area contributed by atoms with Gasteiger partial charge in [-0.1, -0.05) is 48.5 Å². The van der Waals surface area contributed by atoms with E-state index in [4.69, 9.17) is 4.74 Å². The molecule has 5 fully saturated rings. The number of Topliss-reactive ketones (excluding diaryl/α,β-unsaturated/α-hetero) is 1. The summed E-state index contributed by atoms with van der Waals surface area (Å²) >= 11 is 0. The van der Waals surface area contributed by atoms with E-state index < -0.39 is 22.9 Å². The van der Waals surface area contributed by atoms with Crippen molar-refractivity contribution in [3.05, 3.63) is 11.1 Å². The van der Waals surface area contributed by atoms with E-state index >= 15 is 0 Å². The van der Waals surface area contributed by atoms with Crippen molar-refractivity contribution in [3.8, 4) is 0 Å². The predicted molar refractivity (Wildman–Crippen MR) is 200 cm³/mol. The second-order valence-corrected chi connectivity index (χ2v) is 19.6. The van der Waals surface area contributed by atoms with E-state index in [2.05, 4.69) is 64.4 Å². The highest BCUT2D eigenvalue weighted by Gasteiger charge is 2.70. The Morgan fingerprint density at radius 2 is 1.57 bits per heavy atom. The Bertz CT molecular complexity index is 1450. The van der Waals surface area contributed by atoms with Crippen LogP contribution in [-0.4, -0.2) is 59.6 Å². The van der Waals surface area contributed by atoms with Gasteiger partial charge in [0.2, 0.25) is 0 Å². The lowest BCUT2D eigenvalue weighted by atomic mass is 9.33. The van der Waals surface area contributed by atoms with Gasteiger partial charge in [-0.3, -0.25) is 14.4 Å². The number of urea groups is 1. The number of hydrogen-bond donors (Lipinski definition) is 4. The lowest BCUT2D eigenvalue weighted by Gasteiger charge is -2.72. The zero-order valence-corrected chi connectivity index (χ0v) is 33.6. The molecule has 8 atom stereocenters. The van der Waals surface area contributed by atoms with Gasteiger partial charge in [0.15, 0.2) is 5.78 Å². The van der Waals surface area contributed by atoms with E-state index in [0.717, 1.165) is 82.9 Å². The second-order valence-electron chi connectivity index (χ2n) is 19.6. The number of carbonyl (C=O) groups is 4. The summed E-state index contributed by atoms with van der Waals surface area (Å²) < 4.78 is 6.15. The Balaban J connectivity index is 0.00000504. The highest BCUT2D eigenvalue weighted by Crippen LogP contribution is 2.76. The molecular formula is C41H66ClN3O6. The second kappa shape index (κ2) is 13.6. The van der Waals surface area contributed by atoms with Crippen molar-refractivity contribution in [3.63, 3.8) is 0 Å². The van der Waals surface area contributed by atoms with E-state index in [1.54, 1.807) is 13.8 Å².